The van der Waals surface area contributed by atoms with Gasteiger partial charge in [0.05, 0.1) is 5.56 Å². The summed E-state index contributed by atoms with van der Waals surface area (Å²) in [7, 11) is 0. The highest BCUT2D eigenvalue weighted by Gasteiger charge is 2.57. The summed E-state index contributed by atoms with van der Waals surface area (Å²) in [6, 6.07) is 13.9. The number of Topliss-reactive ketones (excluding diaryl/α,β-unsaturated/α-hetero) is 1. The van der Waals surface area contributed by atoms with Crippen LogP contribution < -0.4 is 0 Å². The van der Waals surface area contributed by atoms with Gasteiger partial charge in [-0.05, 0) is 12.1 Å². The van der Waals surface area contributed by atoms with Gasteiger partial charge in [-0.1, -0.05) is 48.5 Å². The monoisotopic (exact) mass is 358 g/mol. The third-order valence-electron chi connectivity index (χ3n) is 3.55. The molecule has 2 rings (SSSR count). The highest BCUT2D eigenvalue weighted by atomic mass is 16.6. The molecule has 8 nitrogen and oxygen atoms in total. The van der Waals surface area contributed by atoms with Gasteiger partial charge in [0.2, 0.25) is 11.9 Å². The maximum Gasteiger partial charge on any atom is 0.349 e. The largest absolute Gasteiger partial charge is 0.479 e. The minimum absolute atomic E-state index is 0.0707. The van der Waals surface area contributed by atoms with Crippen molar-refractivity contribution in [2.24, 2.45) is 0 Å². The first kappa shape index (κ1) is 18.8. The lowest BCUT2D eigenvalue weighted by Gasteiger charge is -2.27. The van der Waals surface area contributed by atoms with Crippen molar-refractivity contribution in [3.63, 3.8) is 0 Å². The van der Waals surface area contributed by atoms with Crippen LogP contribution in [0.4, 0.5) is 0 Å². The van der Waals surface area contributed by atoms with E-state index in [1.54, 1.807) is 12.1 Å². The van der Waals surface area contributed by atoms with Gasteiger partial charge in [0.1, 0.15) is 0 Å². The number of aliphatic hydroxyl groups is 1. The van der Waals surface area contributed by atoms with Crippen molar-refractivity contribution in [3.8, 4) is 0 Å². The molecule has 2 aromatic carbocycles. The van der Waals surface area contributed by atoms with Crippen molar-refractivity contribution in [3.05, 3.63) is 71.8 Å². The van der Waals surface area contributed by atoms with Crippen LogP contribution in [-0.4, -0.2) is 50.7 Å². The average molecular weight is 358 g/mol. The molecule has 0 bridgehead atoms. The van der Waals surface area contributed by atoms with E-state index in [1.165, 1.54) is 48.5 Å². The molecule has 0 amide bonds. The number of carboxylic acid groups (broad SMARTS) is 2. The first-order chi connectivity index (χ1) is 12.3. The standard InChI is InChI=1S/C18H14O8/c19-13(11-7-3-1-4-8-11)18(25,17(23)24)14(15(20)21)26-16(22)12-9-5-2-6-10-12/h1-10,14,25H,(H,20,21)(H,23,24). The third kappa shape index (κ3) is 3.60. The van der Waals surface area contributed by atoms with E-state index in [0.29, 0.717) is 0 Å². The SMILES string of the molecule is O=C(OC(C(=O)O)C(O)(C(=O)O)C(=O)c1ccccc1)c1ccccc1. The summed E-state index contributed by atoms with van der Waals surface area (Å²) in [6.45, 7) is 0. The van der Waals surface area contributed by atoms with Crippen LogP contribution in [0.15, 0.2) is 60.7 Å². The molecular formula is C18H14O8. The molecule has 0 aromatic heterocycles. The Bertz CT molecular complexity index is 831. The summed E-state index contributed by atoms with van der Waals surface area (Å²) in [5.74, 6) is -6.75. The van der Waals surface area contributed by atoms with Crippen molar-refractivity contribution >= 4 is 23.7 Å². The van der Waals surface area contributed by atoms with Gasteiger partial charge in [-0.2, -0.15) is 0 Å². The van der Waals surface area contributed by atoms with Crippen LogP contribution in [0.5, 0.6) is 0 Å². The van der Waals surface area contributed by atoms with Crippen molar-refractivity contribution < 1.29 is 39.2 Å². The zero-order valence-electron chi connectivity index (χ0n) is 13.2. The number of ketones is 1. The van der Waals surface area contributed by atoms with Crippen LogP contribution in [0.2, 0.25) is 0 Å². The second kappa shape index (κ2) is 7.58. The Morgan fingerprint density at radius 1 is 0.808 bits per heavy atom. The minimum atomic E-state index is -3.50. The highest BCUT2D eigenvalue weighted by molar-refractivity contribution is 6.18. The first-order valence-electron chi connectivity index (χ1n) is 7.33. The number of carbonyl (C=O) groups is 4. The summed E-state index contributed by atoms with van der Waals surface area (Å²) in [5.41, 5.74) is -3.82. The zero-order valence-corrected chi connectivity index (χ0v) is 13.2. The molecule has 8 heteroatoms. The molecular weight excluding hydrogens is 344 g/mol. The van der Waals surface area contributed by atoms with Gasteiger partial charge in [-0.3, -0.25) is 4.79 Å². The van der Waals surface area contributed by atoms with E-state index in [9.17, 15) is 34.5 Å². The van der Waals surface area contributed by atoms with Crippen molar-refractivity contribution in [2.75, 3.05) is 0 Å². The Morgan fingerprint density at radius 2 is 1.27 bits per heavy atom. The molecule has 0 saturated carbocycles. The Labute approximate surface area is 147 Å². The molecule has 0 aliphatic heterocycles. The van der Waals surface area contributed by atoms with Gasteiger partial charge in [-0.25, -0.2) is 14.4 Å². The Hall–Kier alpha value is -3.52. The molecule has 134 valence electrons. The fraction of sp³-hybridized carbons (Fsp3) is 0.111. The van der Waals surface area contributed by atoms with E-state index < -0.39 is 35.4 Å². The molecule has 0 aliphatic carbocycles. The molecule has 2 unspecified atom stereocenters. The van der Waals surface area contributed by atoms with Gasteiger partial charge < -0.3 is 20.1 Å². The van der Waals surface area contributed by atoms with E-state index in [1.807, 2.05) is 0 Å². The van der Waals surface area contributed by atoms with Crippen LogP contribution in [0, 0.1) is 0 Å². The fourth-order valence-corrected chi connectivity index (χ4v) is 2.20. The quantitative estimate of drug-likeness (QED) is 0.378. The maximum absolute atomic E-state index is 12.5. The van der Waals surface area contributed by atoms with Crippen molar-refractivity contribution in [2.45, 2.75) is 11.7 Å². The predicted molar refractivity (Wildman–Crippen MR) is 86.6 cm³/mol. The van der Waals surface area contributed by atoms with E-state index in [-0.39, 0.29) is 11.1 Å². The summed E-state index contributed by atoms with van der Waals surface area (Å²) in [4.78, 5) is 47.6. The average Bonchev–Trinajstić information content (AvgIpc) is 2.65. The molecule has 3 N–H and O–H groups in total. The number of benzene rings is 2. The van der Waals surface area contributed by atoms with E-state index >= 15 is 0 Å². The van der Waals surface area contributed by atoms with Gasteiger partial charge in [0, 0.05) is 5.56 Å². The van der Waals surface area contributed by atoms with E-state index in [4.69, 9.17) is 0 Å². The number of hydrogen-bond acceptors (Lipinski definition) is 6. The number of esters is 1. The molecule has 0 radical (unpaired) electrons. The minimum Gasteiger partial charge on any atom is -0.479 e. The second-order valence-electron chi connectivity index (χ2n) is 5.26. The Kier molecular flexibility index (Phi) is 5.48. The summed E-state index contributed by atoms with van der Waals surface area (Å²) >= 11 is 0. The highest BCUT2D eigenvalue weighted by Crippen LogP contribution is 2.23. The topological polar surface area (TPSA) is 138 Å². The normalized spacial score (nSPS) is 13.9. The van der Waals surface area contributed by atoms with Crippen molar-refractivity contribution in [1.29, 1.82) is 0 Å². The van der Waals surface area contributed by atoms with Gasteiger partial charge >= 0.3 is 17.9 Å². The van der Waals surface area contributed by atoms with Gasteiger partial charge in [0.25, 0.3) is 5.60 Å². The van der Waals surface area contributed by atoms with Crippen LogP contribution in [0.3, 0.4) is 0 Å². The number of hydrogen-bond donors (Lipinski definition) is 3. The number of aliphatic carboxylic acids is 2. The maximum atomic E-state index is 12.5. The smallest absolute Gasteiger partial charge is 0.349 e. The number of carboxylic acids is 2. The fourth-order valence-electron chi connectivity index (χ4n) is 2.20. The first-order valence-corrected chi connectivity index (χ1v) is 7.33. The molecule has 0 saturated heterocycles. The lowest BCUT2D eigenvalue weighted by atomic mass is 9.87. The van der Waals surface area contributed by atoms with Crippen LogP contribution >= 0.6 is 0 Å². The predicted octanol–water partition coefficient (Wildman–Crippen LogP) is 0.995. The molecule has 0 heterocycles. The molecule has 2 aromatic rings. The van der Waals surface area contributed by atoms with E-state index in [2.05, 4.69) is 4.74 Å². The molecule has 0 fully saturated rings. The van der Waals surface area contributed by atoms with E-state index in [0.717, 1.165) is 0 Å². The summed E-state index contributed by atoms with van der Waals surface area (Å²) in [6.07, 6.45) is -2.65. The Balaban J connectivity index is 2.43. The van der Waals surface area contributed by atoms with Crippen molar-refractivity contribution in [1.82, 2.24) is 0 Å². The summed E-state index contributed by atoms with van der Waals surface area (Å²) in [5, 5.41) is 29.1. The molecule has 2 atom stereocenters. The Morgan fingerprint density at radius 3 is 1.69 bits per heavy atom. The van der Waals surface area contributed by atoms with Gasteiger partial charge in [0.15, 0.2) is 0 Å². The number of ether oxygens (including phenoxy) is 1. The number of carbonyl (C=O) groups excluding carboxylic acids is 2. The lowest BCUT2D eigenvalue weighted by molar-refractivity contribution is -0.176. The third-order valence-corrected chi connectivity index (χ3v) is 3.55. The zero-order chi connectivity index (χ0) is 19.3. The van der Waals surface area contributed by atoms with Crippen LogP contribution in [0.25, 0.3) is 0 Å². The molecule has 0 aliphatic rings. The number of rotatable bonds is 7. The molecule has 0 spiro atoms. The second-order valence-corrected chi connectivity index (χ2v) is 5.26. The summed E-state index contributed by atoms with van der Waals surface area (Å²) < 4.78 is 4.68. The lowest BCUT2D eigenvalue weighted by Crippen LogP contribution is -2.60. The molecule has 26 heavy (non-hydrogen) atoms. The van der Waals surface area contributed by atoms with Crippen LogP contribution in [0.1, 0.15) is 20.7 Å². The van der Waals surface area contributed by atoms with Crippen LogP contribution in [-0.2, 0) is 14.3 Å². The van der Waals surface area contributed by atoms with Gasteiger partial charge in [-0.15, -0.1) is 0 Å².